The summed E-state index contributed by atoms with van der Waals surface area (Å²) in [7, 11) is 1.95. The van der Waals surface area contributed by atoms with Gasteiger partial charge in [0.1, 0.15) is 6.04 Å². The maximum Gasteiger partial charge on any atom is 0.321 e. The molecule has 1 aliphatic carbocycles. The van der Waals surface area contributed by atoms with Crippen molar-refractivity contribution in [3.63, 3.8) is 0 Å². The fourth-order valence-electron chi connectivity index (χ4n) is 2.76. The van der Waals surface area contributed by atoms with E-state index in [1.54, 1.807) is 0 Å². The Bertz CT molecular complexity index is 195. The molecular formula is C11H21NO2. The minimum absolute atomic E-state index is 0.197. The van der Waals surface area contributed by atoms with Crippen molar-refractivity contribution in [2.75, 3.05) is 7.05 Å². The molecule has 0 radical (unpaired) electrons. The molecule has 0 aromatic heterocycles. The molecule has 0 amide bonds. The lowest BCUT2D eigenvalue weighted by Gasteiger charge is -2.47. The molecule has 82 valence electrons. The number of likely N-dealkylation sites (N-methyl/N-ethyl adjacent to an activating group) is 1. The third kappa shape index (κ3) is 1.92. The van der Waals surface area contributed by atoms with Crippen molar-refractivity contribution in [3.05, 3.63) is 0 Å². The normalized spacial score (nSPS) is 36.1. The smallest absolute Gasteiger partial charge is 0.321 e. The van der Waals surface area contributed by atoms with Crippen LogP contribution in [0.1, 0.15) is 39.5 Å². The van der Waals surface area contributed by atoms with Crippen LogP contribution in [0.5, 0.6) is 0 Å². The van der Waals surface area contributed by atoms with Gasteiger partial charge in [-0.15, -0.1) is 0 Å². The molecule has 3 heteroatoms. The van der Waals surface area contributed by atoms with Crippen LogP contribution in [0.15, 0.2) is 0 Å². The van der Waals surface area contributed by atoms with Gasteiger partial charge in [-0.3, -0.25) is 9.69 Å². The Kier molecular flexibility index (Phi) is 3.93. The molecule has 0 spiro atoms. The fourth-order valence-corrected chi connectivity index (χ4v) is 2.76. The molecule has 3 aliphatic rings. The van der Waals surface area contributed by atoms with E-state index in [4.69, 9.17) is 5.11 Å². The van der Waals surface area contributed by atoms with E-state index in [0.29, 0.717) is 12.0 Å². The first-order valence-electron chi connectivity index (χ1n) is 5.65. The Labute approximate surface area is 86.1 Å². The van der Waals surface area contributed by atoms with Gasteiger partial charge in [0.25, 0.3) is 0 Å². The highest BCUT2D eigenvalue weighted by atomic mass is 16.4. The summed E-state index contributed by atoms with van der Waals surface area (Å²) in [6.07, 6.45) is 4.63. The zero-order chi connectivity index (χ0) is 10.7. The molecule has 1 saturated carbocycles. The second kappa shape index (κ2) is 4.78. The first-order chi connectivity index (χ1) is 6.70. The summed E-state index contributed by atoms with van der Waals surface area (Å²) >= 11 is 0. The number of hydrogen-bond acceptors (Lipinski definition) is 2. The molecule has 2 heterocycles. The van der Waals surface area contributed by atoms with Crippen LogP contribution in [0.2, 0.25) is 0 Å². The van der Waals surface area contributed by atoms with Crippen LogP contribution in [0.4, 0.5) is 0 Å². The van der Waals surface area contributed by atoms with Crippen molar-refractivity contribution >= 4 is 5.97 Å². The molecule has 3 nitrogen and oxygen atoms in total. The molecule has 2 aliphatic heterocycles. The number of carbonyl (C=O) groups is 1. The van der Waals surface area contributed by atoms with Crippen molar-refractivity contribution in [2.24, 2.45) is 5.92 Å². The van der Waals surface area contributed by atoms with E-state index in [0.717, 1.165) is 12.8 Å². The highest BCUT2D eigenvalue weighted by molar-refractivity contribution is 5.74. The number of fused-ring (bicyclic) bond motifs is 3. The van der Waals surface area contributed by atoms with Gasteiger partial charge in [0.05, 0.1) is 0 Å². The molecular weight excluding hydrogens is 178 g/mol. The Morgan fingerprint density at radius 1 is 1.21 bits per heavy atom. The first kappa shape index (κ1) is 11.5. The molecule has 0 aromatic rings. The van der Waals surface area contributed by atoms with Gasteiger partial charge in [-0.2, -0.15) is 0 Å². The Hall–Kier alpha value is -0.570. The topological polar surface area (TPSA) is 40.5 Å². The SMILES string of the molecule is CC.CN1C2CCC(CC2)C1C(=O)O. The quantitative estimate of drug-likeness (QED) is 0.702. The maximum atomic E-state index is 10.9. The van der Waals surface area contributed by atoms with Gasteiger partial charge in [-0.05, 0) is 38.6 Å². The summed E-state index contributed by atoms with van der Waals surface area (Å²) in [5, 5.41) is 8.99. The van der Waals surface area contributed by atoms with Crippen LogP contribution < -0.4 is 0 Å². The van der Waals surface area contributed by atoms with E-state index < -0.39 is 5.97 Å². The molecule has 2 bridgehead atoms. The van der Waals surface area contributed by atoms with Crippen molar-refractivity contribution in [2.45, 2.75) is 51.6 Å². The van der Waals surface area contributed by atoms with E-state index in [1.165, 1.54) is 12.8 Å². The third-order valence-corrected chi connectivity index (χ3v) is 3.46. The Morgan fingerprint density at radius 2 is 1.71 bits per heavy atom. The highest BCUT2D eigenvalue weighted by Gasteiger charge is 2.43. The average molecular weight is 199 g/mol. The van der Waals surface area contributed by atoms with Gasteiger partial charge >= 0.3 is 5.97 Å². The molecule has 2 saturated heterocycles. The number of carboxylic acid groups (broad SMARTS) is 1. The number of nitrogens with zero attached hydrogens (tertiary/aromatic N) is 1. The van der Waals surface area contributed by atoms with E-state index in [1.807, 2.05) is 20.9 Å². The lowest BCUT2D eigenvalue weighted by atomic mass is 9.75. The van der Waals surface area contributed by atoms with Crippen LogP contribution in [0, 0.1) is 5.92 Å². The predicted molar refractivity (Wildman–Crippen MR) is 56.3 cm³/mol. The second-order valence-corrected chi connectivity index (χ2v) is 4.02. The predicted octanol–water partition coefficient (Wildman–Crippen LogP) is 1.97. The van der Waals surface area contributed by atoms with E-state index >= 15 is 0 Å². The van der Waals surface area contributed by atoms with Crippen molar-refractivity contribution in [1.82, 2.24) is 4.90 Å². The van der Waals surface area contributed by atoms with Gasteiger partial charge in [0, 0.05) is 6.04 Å². The van der Waals surface area contributed by atoms with Gasteiger partial charge in [-0.25, -0.2) is 0 Å². The highest BCUT2D eigenvalue weighted by Crippen LogP contribution is 2.38. The van der Waals surface area contributed by atoms with Crippen molar-refractivity contribution < 1.29 is 9.90 Å². The van der Waals surface area contributed by atoms with E-state index in [2.05, 4.69) is 4.90 Å². The van der Waals surface area contributed by atoms with Gasteiger partial charge in [0.2, 0.25) is 0 Å². The molecule has 1 unspecified atom stereocenters. The molecule has 14 heavy (non-hydrogen) atoms. The number of rotatable bonds is 1. The second-order valence-electron chi connectivity index (χ2n) is 4.02. The van der Waals surface area contributed by atoms with Crippen LogP contribution in [-0.4, -0.2) is 35.1 Å². The molecule has 0 aromatic carbocycles. The first-order valence-corrected chi connectivity index (χ1v) is 5.65. The fraction of sp³-hybridized carbons (Fsp3) is 0.909. The third-order valence-electron chi connectivity index (χ3n) is 3.46. The Balaban J connectivity index is 0.000000461. The summed E-state index contributed by atoms with van der Waals surface area (Å²) in [6.45, 7) is 4.00. The maximum absolute atomic E-state index is 10.9. The van der Waals surface area contributed by atoms with Crippen molar-refractivity contribution in [1.29, 1.82) is 0 Å². The number of aliphatic carboxylic acids is 1. The van der Waals surface area contributed by atoms with Crippen LogP contribution in [0.25, 0.3) is 0 Å². The molecule has 1 N–H and O–H groups in total. The summed E-state index contributed by atoms with van der Waals surface area (Å²) in [4.78, 5) is 13.0. The van der Waals surface area contributed by atoms with Gasteiger partial charge in [-0.1, -0.05) is 13.8 Å². The number of carboxylic acids is 1. The molecule has 1 atom stereocenters. The summed E-state index contributed by atoms with van der Waals surface area (Å²) in [5.74, 6) is -0.218. The van der Waals surface area contributed by atoms with E-state index in [9.17, 15) is 4.79 Å². The summed E-state index contributed by atoms with van der Waals surface area (Å²) in [6, 6.07) is 0.341. The van der Waals surface area contributed by atoms with Gasteiger partial charge < -0.3 is 5.11 Å². The average Bonchev–Trinajstić information content (AvgIpc) is 2.21. The van der Waals surface area contributed by atoms with Crippen molar-refractivity contribution in [3.8, 4) is 0 Å². The van der Waals surface area contributed by atoms with E-state index in [-0.39, 0.29) is 6.04 Å². The molecule has 3 fully saturated rings. The lowest BCUT2D eigenvalue weighted by molar-refractivity contribution is -0.151. The summed E-state index contributed by atoms with van der Waals surface area (Å²) < 4.78 is 0. The molecule has 3 rings (SSSR count). The van der Waals surface area contributed by atoms with Crippen LogP contribution in [-0.2, 0) is 4.79 Å². The largest absolute Gasteiger partial charge is 0.480 e. The minimum atomic E-state index is -0.632. The zero-order valence-electron chi connectivity index (χ0n) is 9.36. The monoisotopic (exact) mass is 199 g/mol. The zero-order valence-corrected chi connectivity index (χ0v) is 9.36. The number of piperidine rings is 2. The standard InChI is InChI=1S/C9H15NO2.C2H6/c1-10-7-4-2-6(3-5-7)8(10)9(11)12;1-2/h6-8H,2-5H2,1H3,(H,11,12);1-2H3. The minimum Gasteiger partial charge on any atom is -0.480 e. The Morgan fingerprint density at radius 3 is 2.00 bits per heavy atom. The number of hydrogen-bond donors (Lipinski definition) is 1. The summed E-state index contributed by atoms with van der Waals surface area (Å²) in [5.41, 5.74) is 0. The van der Waals surface area contributed by atoms with Crippen LogP contribution in [0.3, 0.4) is 0 Å². The van der Waals surface area contributed by atoms with Gasteiger partial charge in [0.15, 0.2) is 0 Å². The lowest BCUT2D eigenvalue weighted by Crippen LogP contribution is -2.56. The van der Waals surface area contributed by atoms with Crippen LogP contribution >= 0.6 is 0 Å².